The number of amides is 1. The second-order valence-electron chi connectivity index (χ2n) is 3.60. The Labute approximate surface area is 81.1 Å². The van der Waals surface area contributed by atoms with Crippen molar-refractivity contribution in [1.82, 2.24) is 5.32 Å². The maximum absolute atomic E-state index is 11.4. The van der Waals surface area contributed by atoms with Gasteiger partial charge in [0.15, 0.2) is 0 Å². The summed E-state index contributed by atoms with van der Waals surface area (Å²) in [5.41, 5.74) is 5.68. The minimum atomic E-state index is 0.0952. The first-order valence-corrected chi connectivity index (χ1v) is 5.15. The fraction of sp³-hybridized carbons (Fsp3) is 0.900. The van der Waals surface area contributed by atoms with E-state index in [-0.39, 0.29) is 17.9 Å². The van der Waals surface area contributed by atoms with Crippen molar-refractivity contribution >= 4 is 5.91 Å². The maximum Gasteiger partial charge on any atom is 0.222 e. The highest BCUT2D eigenvalue weighted by atomic mass is 16.1. The molecule has 0 aliphatic carbocycles. The number of hydrogen-bond acceptors (Lipinski definition) is 2. The van der Waals surface area contributed by atoms with Crippen LogP contribution in [0.4, 0.5) is 0 Å². The summed E-state index contributed by atoms with van der Waals surface area (Å²) in [6.45, 7) is 6.66. The molecule has 0 heterocycles. The second-order valence-corrected chi connectivity index (χ2v) is 3.60. The third-order valence-electron chi connectivity index (χ3n) is 2.23. The first kappa shape index (κ1) is 12.4. The molecule has 2 unspecified atom stereocenters. The molecule has 0 radical (unpaired) electrons. The summed E-state index contributed by atoms with van der Waals surface area (Å²) in [4.78, 5) is 11.4. The Morgan fingerprint density at radius 3 is 2.54 bits per heavy atom. The summed E-state index contributed by atoms with van der Waals surface area (Å²) in [7, 11) is 0. The van der Waals surface area contributed by atoms with Gasteiger partial charge in [-0.2, -0.15) is 0 Å². The van der Waals surface area contributed by atoms with Crippen LogP contribution in [0.3, 0.4) is 0 Å². The summed E-state index contributed by atoms with van der Waals surface area (Å²) >= 11 is 0. The highest BCUT2D eigenvalue weighted by molar-refractivity contribution is 5.78. The number of nitrogens with two attached hydrogens (primary N) is 1. The van der Waals surface area contributed by atoms with Crippen LogP contribution in [0, 0.1) is 5.92 Å². The lowest BCUT2D eigenvalue weighted by Gasteiger charge is -2.13. The van der Waals surface area contributed by atoms with Crippen LogP contribution in [-0.4, -0.2) is 18.5 Å². The van der Waals surface area contributed by atoms with Crippen molar-refractivity contribution in [3.63, 3.8) is 0 Å². The van der Waals surface area contributed by atoms with Crippen molar-refractivity contribution in [3.05, 3.63) is 0 Å². The predicted molar refractivity (Wildman–Crippen MR) is 55.3 cm³/mol. The molecule has 3 nitrogen and oxygen atoms in total. The second kappa shape index (κ2) is 6.89. The van der Waals surface area contributed by atoms with Crippen molar-refractivity contribution in [3.8, 4) is 0 Å². The summed E-state index contributed by atoms with van der Waals surface area (Å²) in [6.07, 6.45) is 2.91. The van der Waals surface area contributed by atoms with Crippen molar-refractivity contribution < 1.29 is 4.79 Å². The van der Waals surface area contributed by atoms with Gasteiger partial charge in [-0.05, 0) is 12.8 Å². The zero-order valence-corrected chi connectivity index (χ0v) is 8.97. The first-order valence-electron chi connectivity index (χ1n) is 5.15. The van der Waals surface area contributed by atoms with E-state index in [1.807, 2.05) is 13.8 Å². The van der Waals surface area contributed by atoms with Gasteiger partial charge in [0.1, 0.15) is 0 Å². The van der Waals surface area contributed by atoms with Gasteiger partial charge in [-0.3, -0.25) is 4.79 Å². The molecule has 0 aromatic rings. The molecular weight excluding hydrogens is 164 g/mol. The van der Waals surface area contributed by atoms with Gasteiger partial charge in [0, 0.05) is 18.5 Å². The van der Waals surface area contributed by atoms with Gasteiger partial charge in [-0.25, -0.2) is 0 Å². The molecule has 13 heavy (non-hydrogen) atoms. The van der Waals surface area contributed by atoms with Gasteiger partial charge in [0.2, 0.25) is 5.91 Å². The number of carbonyl (C=O) groups is 1. The standard InChI is InChI=1S/C10H22N2O/c1-4-6-8(3)10(13)12-7-9(11)5-2/h8-9H,4-7,11H2,1-3H3,(H,12,13). The lowest BCUT2D eigenvalue weighted by molar-refractivity contribution is -0.124. The quantitative estimate of drug-likeness (QED) is 0.656. The zero-order valence-electron chi connectivity index (χ0n) is 8.97. The Bertz CT molecular complexity index is 148. The Hall–Kier alpha value is -0.570. The fourth-order valence-electron chi connectivity index (χ4n) is 1.11. The van der Waals surface area contributed by atoms with E-state index in [0.717, 1.165) is 19.3 Å². The summed E-state index contributed by atoms with van der Waals surface area (Å²) in [5.74, 6) is 0.250. The molecule has 0 aliphatic rings. The highest BCUT2D eigenvalue weighted by Crippen LogP contribution is 2.04. The van der Waals surface area contributed by atoms with Crippen LogP contribution in [-0.2, 0) is 4.79 Å². The Balaban J connectivity index is 3.61. The van der Waals surface area contributed by atoms with Gasteiger partial charge in [-0.15, -0.1) is 0 Å². The molecule has 0 spiro atoms. The maximum atomic E-state index is 11.4. The van der Waals surface area contributed by atoms with Crippen LogP contribution in [0.2, 0.25) is 0 Å². The molecule has 78 valence electrons. The molecule has 1 amide bonds. The molecule has 0 aromatic heterocycles. The van der Waals surface area contributed by atoms with Crippen LogP contribution in [0.5, 0.6) is 0 Å². The van der Waals surface area contributed by atoms with E-state index in [1.54, 1.807) is 0 Å². The van der Waals surface area contributed by atoms with E-state index < -0.39 is 0 Å². The van der Waals surface area contributed by atoms with Crippen molar-refractivity contribution in [2.45, 2.75) is 46.1 Å². The fourth-order valence-corrected chi connectivity index (χ4v) is 1.11. The van der Waals surface area contributed by atoms with Crippen molar-refractivity contribution in [2.24, 2.45) is 11.7 Å². The molecule has 0 rings (SSSR count). The molecule has 0 saturated heterocycles. The van der Waals surface area contributed by atoms with Gasteiger partial charge >= 0.3 is 0 Å². The molecule has 3 heteroatoms. The average Bonchev–Trinajstić information content (AvgIpc) is 2.13. The van der Waals surface area contributed by atoms with Crippen LogP contribution < -0.4 is 11.1 Å². The van der Waals surface area contributed by atoms with Gasteiger partial charge < -0.3 is 11.1 Å². The minimum Gasteiger partial charge on any atom is -0.354 e. The van der Waals surface area contributed by atoms with Crippen LogP contribution in [0.15, 0.2) is 0 Å². The molecule has 2 atom stereocenters. The third kappa shape index (κ3) is 5.64. The summed E-state index contributed by atoms with van der Waals surface area (Å²) in [5, 5.41) is 2.85. The summed E-state index contributed by atoms with van der Waals surface area (Å²) in [6, 6.07) is 0.0952. The van der Waals surface area contributed by atoms with E-state index in [2.05, 4.69) is 12.2 Å². The largest absolute Gasteiger partial charge is 0.354 e. The minimum absolute atomic E-state index is 0.0952. The monoisotopic (exact) mass is 186 g/mol. The van der Waals surface area contributed by atoms with Crippen LogP contribution in [0.25, 0.3) is 0 Å². The molecule has 0 fully saturated rings. The summed E-state index contributed by atoms with van der Waals surface area (Å²) < 4.78 is 0. The average molecular weight is 186 g/mol. The van der Waals surface area contributed by atoms with Gasteiger partial charge in [-0.1, -0.05) is 27.2 Å². The van der Waals surface area contributed by atoms with Gasteiger partial charge in [0.05, 0.1) is 0 Å². The topological polar surface area (TPSA) is 55.1 Å². The molecule has 3 N–H and O–H groups in total. The third-order valence-corrected chi connectivity index (χ3v) is 2.23. The Morgan fingerprint density at radius 1 is 1.46 bits per heavy atom. The lowest BCUT2D eigenvalue weighted by Crippen LogP contribution is -2.39. The SMILES string of the molecule is CCCC(C)C(=O)NCC(N)CC. The van der Waals surface area contributed by atoms with E-state index >= 15 is 0 Å². The van der Waals surface area contributed by atoms with Gasteiger partial charge in [0.25, 0.3) is 0 Å². The number of rotatable bonds is 6. The van der Waals surface area contributed by atoms with Crippen molar-refractivity contribution in [1.29, 1.82) is 0 Å². The van der Waals surface area contributed by atoms with E-state index in [4.69, 9.17) is 5.73 Å². The smallest absolute Gasteiger partial charge is 0.222 e. The van der Waals surface area contributed by atoms with Crippen molar-refractivity contribution in [2.75, 3.05) is 6.54 Å². The molecule has 0 aliphatic heterocycles. The van der Waals surface area contributed by atoms with Crippen LogP contribution in [0.1, 0.15) is 40.0 Å². The molecule has 0 bridgehead atoms. The van der Waals surface area contributed by atoms with E-state index in [1.165, 1.54) is 0 Å². The lowest BCUT2D eigenvalue weighted by atomic mass is 10.1. The molecular formula is C10H22N2O. The molecule has 0 aromatic carbocycles. The normalized spacial score (nSPS) is 15.1. The van der Waals surface area contributed by atoms with E-state index in [0.29, 0.717) is 6.54 Å². The molecule has 0 saturated carbocycles. The number of hydrogen-bond donors (Lipinski definition) is 2. The number of carbonyl (C=O) groups excluding carboxylic acids is 1. The predicted octanol–water partition coefficient (Wildman–Crippen LogP) is 1.28. The number of nitrogens with one attached hydrogen (secondary N) is 1. The highest BCUT2D eigenvalue weighted by Gasteiger charge is 2.11. The zero-order chi connectivity index (χ0) is 10.3. The Morgan fingerprint density at radius 2 is 2.08 bits per heavy atom. The Kier molecular flexibility index (Phi) is 6.59. The first-order chi connectivity index (χ1) is 6.11. The van der Waals surface area contributed by atoms with E-state index in [9.17, 15) is 4.79 Å². The van der Waals surface area contributed by atoms with Crippen LogP contribution >= 0.6 is 0 Å².